The Hall–Kier alpha value is -3.42. The van der Waals surface area contributed by atoms with Gasteiger partial charge < -0.3 is 15.5 Å². The summed E-state index contributed by atoms with van der Waals surface area (Å²) in [5.74, 6) is -1.01. The minimum atomic E-state index is -0.620. The molecule has 23 heavy (non-hydrogen) atoms. The third-order valence-electron chi connectivity index (χ3n) is 3.40. The Morgan fingerprint density at radius 1 is 1.26 bits per heavy atom. The van der Waals surface area contributed by atoms with Crippen molar-refractivity contribution < 1.29 is 13.6 Å². The van der Waals surface area contributed by atoms with Crippen LogP contribution in [0.15, 0.2) is 40.8 Å². The van der Waals surface area contributed by atoms with E-state index in [0.29, 0.717) is 27.7 Å². The summed E-state index contributed by atoms with van der Waals surface area (Å²) in [6.45, 7) is 0. The number of amides is 1. The third kappa shape index (κ3) is 2.26. The second-order valence-electron chi connectivity index (χ2n) is 4.95. The molecule has 0 unspecified atom stereocenters. The van der Waals surface area contributed by atoms with Crippen molar-refractivity contribution >= 4 is 39.6 Å². The van der Waals surface area contributed by atoms with Gasteiger partial charge in [0.05, 0.1) is 5.52 Å². The molecule has 1 amide bonds. The largest absolute Gasteiger partial charge is 0.423 e. The number of nitrogens with one attached hydrogen (secondary N) is 2. The van der Waals surface area contributed by atoms with Crippen molar-refractivity contribution in [2.45, 2.75) is 0 Å². The molecule has 7 nitrogen and oxygen atoms in total. The smallest absolute Gasteiger partial charge is 0.300 e. The van der Waals surface area contributed by atoms with Gasteiger partial charge in [0.25, 0.3) is 11.9 Å². The summed E-state index contributed by atoms with van der Waals surface area (Å²) in [5.41, 5.74) is 7.64. The molecule has 4 aromatic rings. The molecule has 0 fully saturated rings. The Morgan fingerprint density at radius 3 is 2.96 bits per heavy atom. The molecule has 0 saturated carbocycles. The van der Waals surface area contributed by atoms with Crippen LogP contribution in [0.4, 0.5) is 16.1 Å². The number of aromatic amines is 1. The first-order valence-corrected chi connectivity index (χ1v) is 6.71. The van der Waals surface area contributed by atoms with Crippen LogP contribution in [-0.2, 0) is 0 Å². The number of fused-ring (bicyclic) bond motifs is 2. The molecule has 4 rings (SSSR count). The van der Waals surface area contributed by atoms with Crippen LogP contribution in [0.2, 0.25) is 0 Å². The van der Waals surface area contributed by atoms with Crippen LogP contribution in [0.1, 0.15) is 10.5 Å². The van der Waals surface area contributed by atoms with Crippen molar-refractivity contribution in [3.8, 4) is 0 Å². The summed E-state index contributed by atoms with van der Waals surface area (Å²) in [6, 6.07) is 9.53. The number of hydrogen-bond donors (Lipinski definition) is 3. The van der Waals surface area contributed by atoms with Crippen LogP contribution in [0.25, 0.3) is 22.0 Å². The van der Waals surface area contributed by atoms with E-state index < -0.39 is 5.91 Å². The van der Waals surface area contributed by atoms with Gasteiger partial charge in [0.15, 0.2) is 11.3 Å². The van der Waals surface area contributed by atoms with E-state index in [2.05, 4.69) is 20.5 Å². The summed E-state index contributed by atoms with van der Waals surface area (Å²) < 4.78 is 18.7. The fraction of sp³-hybridized carbons (Fsp3) is 0. The van der Waals surface area contributed by atoms with E-state index in [4.69, 9.17) is 10.2 Å². The number of hydrogen-bond acceptors (Lipinski definition) is 5. The topological polar surface area (TPSA) is 110 Å². The molecule has 0 atom stereocenters. The van der Waals surface area contributed by atoms with Crippen molar-refractivity contribution in [1.29, 1.82) is 0 Å². The predicted octanol–water partition coefficient (Wildman–Crippen LogP) is 2.69. The van der Waals surface area contributed by atoms with E-state index in [1.807, 2.05) is 0 Å². The number of aromatic nitrogens is 3. The number of halogens is 1. The molecule has 0 saturated heterocycles. The summed E-state index contributed by atoms with van der Waals surface area (Å²) in [5, 5.41) is 10.2. The summed E-state index contributed by atoms with van der Waals surface area (Å²) in [6.07, 6.45) is 0. The van der Waals surface area contributed by atoms with Crippen LogP contribution >= 0.6 is 0 Å². The van der Waals surface area contributed by atoms with Crippen molar-refractivity contribution in [3.05, 3.63) is 47.9 Å². The fourth-order valence-corrected chi connectivity index (χ4v) is 2.36. The molecular formula is C15H10FN5O2. The molecular weight excluding hydrogens is 301 g/mol. The number of anilines is 2. The van der Waals surface area contributed by atoms with Gasteiger partial charge in [-0.1, -0.05) is 0 Å². The standard InChI is InChI=1S/C15H10FN5O2/c16-7-1-4-12-11(5-7)19-15(23-12)18-8-2-3-10-9(6-8)13(14(17)22)21-20-10/h1-6H,(H2,17,22)(H,18,19)(H,20,21). The highest BCUT2D eigenvalue weighted by atomic mass is 19.1. The number of primary amides is 1. The van der Waals surface area contributed by atoms with Gasteiger partial charge in [-0.3, -0.25) is 9.89 Å². The number of nitrogens with zero attached hydrogens (tertiary/aromatic N) is 2. The Morgan fingerprint density at radius 2 is 2.13 bits per heavy atom. The van der Waals surface area contributed by atoms with Crippen LogP contribution < -0.4 is 11.1 Å². The minimum absolute atomic E-state index is 0.156. The molecule has 114 valence electrons. The number of benzene rings is 2. The Bertz CT molecular complexity index is 1050. The number of oxazole rings is 1. The molecule has 8 heteroatoms. The number of nitrogens with two attached hydrogens (primary N) is 1. The maximum atomic E-state index is 13.2. The highest BCUT2D eigenvalue weighted by Gasteiger charge is 2.12. The average Bonchev–Trinajstić information content (AvgIpc) is 3.09. The summed E-state index contributed by atoms with van der Waals surface area (Å²) in [7, 11) is 0. The fourth-order valence-electron chi connectivity index (χ4n) is 2.36. The Balaban J connectivity index is 1.73. The second-order valence-corrected chi connectivity index (χ2v) is 4.95. The Kier molecular flexibility index (Phi) is 2.77. The van der Waals surface area contributed by atoms with Crippen LogP contribution in [0.5, 0.6) is 0 Å². The normalized spacial score (nSPS) is 11.2. The monoisotopic (exact) mass is 311 g/mol. The first-order valence-electron chi connectivity index (χ1n) is 6.71. The van der Waals surface area contributed by atoms with Gasteiger partial charge in [-0.05, 0) is 30.3 Å². The van der Waals surface area contributed by atoms with Crippen LogP contribution in [0.3, 0.4) is 0 Å². The van der Waals surface area contributed by atoms with E-state index in [-0.39, 0.29) is 17.5 Å². The maximum absolute atomic E-state index is 13.2. The van der Waals surface area contributed by atoms with Crippen molar-refractivity contribution in [2.24, 2.45) is 5.73 Å². The third-order valence-corrected chi connectivity index (χ3v) is 3.40. The SMILES string of the molecule is NC(=O)c1n[nH]c2ccc(Nc3nc4cc(F)ccc4o3)cc12. The number of rotatable bonds is 3. The maximum Gasteiger partial charge on any atom is 0.300 e. The zero-order valence-corrected chi connectivity index (χ0v) is 11.6. The minimum Gasteiger partial charge on any atom is -0.423 e. The molecule has 2 aromatic heterocycles. The molecule has 0 spiro atoms. The highest BCUT2D eigenvalue weighted by molar-refractivity contribution is 6.04. The number of H-pyrrole nitrogens is 1. The zero-order valence-electron chi connectivity index (χ0n) is 11.6. The van der Waals surface area contributed by atoms with E-state index >= 15 is 0 Å². The lowest BCUT2D eigenvalue weighted by atomic mass is 10.2. The van der Waals surface area contributed by atoms with Crippen molar-refractivity contribution in [1.82, 2.24) is 15.2 Å². The first kappa shape index (κ1) is 13.3. The first-order chi connectivity index (χ1) is 11.1. The van der Waals surface area contributed by atoms with Crippen LogP contribution in [0, 0.1) is 5.82 Å². The van der Waals surface area contributed by atoms with E-state index in [1.54, 1.807) is 18.2 Å². The van der Waals surface area contributed by atoms with E-state index in [9.17, 15) is 9.18 Å². The molecule has 0 bridgehead atoms. The van der Waals surface area contributed by atoms with E-state index in [1.165, 1.54) is 18.2 Å². The lowest BCUT2D eigenvalue weighted by Gasteiger charge is -2.01. The van der Waals surface area contributed by atoms with Gasteiger partial charge >= 0.3 is 0 Å². The van der Waals surface area contributed by atoms with Gasteiger partial charge in [0, 0.05) is 17.1 Å². The molecule has 4 N–H and O–H groups in total. The predicted molar refractivity (Wildman–Crippen MR) is 81.9 cm³/mol. The molecule has 0 aliphatic rings. The van der Waals surface area contributed by atoms with Gasteiger partial charge in [-0.2, -0.15) is 10.1 Å². The second kappa shape index (κ2) is 4.80. The van der Waals surface area contributed by atoms with Crippen molar-refractivity contribution in [3.63, 3.8) is 0 Å². The van der Waals surface area contributed by atoms with Gasteiger partial charge in [-0.25, -0.2) is 4.39 Å². The molecule has 0 radical (unpaired) electrons. The number of carbonyl (C=O) groups is 1. The van der Waals surface area contributed by atoms with E-state index in [0.717, 1.165) is 0 Å². The molecule has 2 aromatic carbocycles. The highest BCUT2D eigenvalue weighted by Crippen LogP contribution is 2.25. The van der Waals surface area contributed by atoms with Gasteiger partial charge in [-0.15, -0.1) is 0 Å². The quantitative estimate of drug-likeness (QED) is 0.539. The van der Waals surface area contributed by atoms with Gasteiger partial charge in [0.2, 0.25) is 0 Å². The van der Waals surface area contributed by atoms with Crippen LogP contribution in [-0.4, -0.2) is 21.1 Å². The molecule has 2 heterocycles. The number of carbonyl (C=O) groups excluding carboxylic acids is 1. The Labute approximate surface area is 128 Å². The molecule has 0 aliphatic carbocycles. The summed E-state index contributed by atoms with van der Waals surface area (Å²) in [4.78, 5) is 15.5. The molecule has 0 aliphatic heterocycles. The van der Waals surface area contributed by atoms with Crippen molar-refractivity contribution in [2.75, 3.05) is 5.32 Å². The zero-order chi connectivity index (χ0) is 16.0. The summed E-state index contributed by atoms with van der Waals surface area (Å²) >= 11 is 0. The lowest BCUT2D eigenvalue weighted by Crippen LogP contribution is -2.11. The lowest BCUT2D eigenvalue weighted by molar-refractivity contribution is 0.0997. The average molecular weight is 311 g/mol. The van der Waals surface area contributed by atoms with Gasteiger partial charge in [0.1, 0.15) is 11.3 Å².